The van der Waals surface area contributed by atoms with E-state index >= 15 is 0 Å². The summed E-state index contributed by atoms with van der Waals surface area (Å²) in [7, 11) is 0. The third-order valence-electron chi connectivity index (χ3n) is 4.57. The van der Waals surface area contributed by atoms with Crippen molar-refractivity contribution in [2.24, 2.45) is 0 Å². The standard InChI is InChI=1S/C19H23N3O2/c1-12(2)15-8-4-5-9-17(15)20-19(24)13(3)22-18(23)11-14-7-6-10-16(14)21-22/h4-5,8-9,11-13H,6-7,10H2,1-3H3,(H,20,24). The molecule has 126 valence electrons. The third-order valence-corrected chi connectivity index (χ3v) is 4.57. The first-order valence-electron chi connectivity index (χ1n) is 8.48. The largest absolute Gasteiger partial charge is 0.324 e. The molecule has 1 N–H and O–H groups in total. The van der Waals surface area contributed by atoms with Crippen molar-refractivity contribution in [1.29, 1.82) is 0 Å². The highest BCUT2D eigenvalue weighted by Gasteiger charge is 2.22. The van der Waals surface area contributed by atoms with E-state index in [4.69, 9.17) is 0 Å². The minimum absolute atomic E-state index is 0.213. The average molecular weight is 325 g/mol. The summed E-state index contributed by atoms with van der Waals surface area (Å²) in [5.41, 5.74) is 3.62. The van der Waals surface area contributed by atoms with Gasteiger partial charge in [-0.3, -0.25) is 9.59 Å². The van der Waals surface area contributed by atoms with Gasteiger partial charge < -0.3 is 5.32 Å². The van der Waals surface area contributed by atoms with Gasteiger partial charge in [-0.05, 0) is 49.3 Å². The number of nitrogens with zero attached hydrogens (tertiary/aromatic N) is 2. The lowest BCUT2D eigenvalue weighted by Gasteiger charge is -2.18. The van der Waals surface area contributed by atoms with Crippen molar-refractivity contribution < 1.29 is 4.79 Å². The number of aromatic nitrogens is 2. The Labute approximate surface area is 141 Å². The van der Waals surface area contributed by atoms with Gasteiger partial charge in [-0.15, -0.1) is 0 Å². The van der Waals surface area contributed by atoms with Crippen LogP contribution in [0.15, 0.2) is 35.1 Å². The van der Waals surface area contributed by atoms with Gasteiger partial charge in [0.1, 0.15) is 6.04 Å². The van der Waals surface area contributed by atoms with Crippen LogP contribution in [0.4, 0.5) is 5.69 Å². The molecule has 0 saturated carbocycles. The minimum atomic E-state index is -0.649. The molecule has 0 aliphatic heterocycles. The van der Waals surface area contributed by atoms with Crippen LogP contribution in [0.2, 0.25) is 0 Å². The Bertz CT molecular complexity index is 824. The number of hydrogen-bond acceptors (Lipinski definition) is 3. The van der Waals surface area contributed by atoms with Gasteiger partial charge in [0.05, 0.1) is 5.69 Å². The van der Waals surface area contributed by atoms with Crippen LogP contribution in [0, 0.1) is 0 Å². The molecule has 24 heavy (non-hydrogen) atoms. The summed E-state index contributed by atoms with van der Waals surface area (Å²) in [5, 5.41) is 7.36. The maximum Gasteiger partial charge on any atom is 0.267 e. The number of fused-ring (bicyclic) bond motifs is 1. The zero-order chi connectivity index (χ0) is 17.3. The van der Waals surface area contributed by atoms with Crippen LogP contribution in [-0.2, 0) is 17.6 Å². The van der Waals surface area contributed by atoms with E-state index < -0.39 is 6.04 Å². The van der Waals surface area contributed by atoms with Crippen molar-refractivity contribution in [2.75, 3.05) is 5.32 Å². The number of carbonyl (C=O) groups is 1. The van der Waals surface area contributed by atoms with Crippen LogP contribution in [0.5, 0.6) is 0 Å². The summed E-state index contributed by atoms with van der Waals surface area (Å²) in [6.45, 7) is 5.88. The fourth-order valence-corrected chi connectivity index (χ4v) is 3.16. The molecular formula is C19H23N3O2. The second-order valence-electron chi connectivity index (χ2n) is 6.66. The molecule has 5 nitrogen and oxygen atoms in total. The molecule has 5 heteroatoms. The van der Waals surface area contributed by atoms with Gasteiger partial charge in [-0.1, -0.05) is 32.0 Å². The van der Waals surface area contributed by atoms with Crippen LogP contribution >= 0.6 is 0 Å². The van der Waals surface area contributed by atoms with Crippen molar-refractivity contribution in [3.8, 4) is 0 Å². The average Bonchev–Trinajstić information content (AvgIpc) is 3.00. The van der Waals surface area contributed by atoms with Gasteiger partial charge >= 0.3 is 0 Å². The molecule has 0 radical (unpaired) electrons. The molecular weight excluding hydrogens is 302 g/mol. The van der Waals surface area contributed by atoms with Crippen molar-refractivity contribution in [3.05, 3.63) is 57.5 Å². The summed E-state index contributed by atoms with van der Waals surface area (Å²) in [6.07, 6.45) is 2.80. The first-order valence-corrected chi connectivity index (χ1v) is 8.48. The number of rotatable bonds is 4. The number of anilines is 1. The molecule has 1 aliphatic carbocycles. The molecule has 1 aromatic heterocycles. The quantitative estimate of drug-likeness (QED) is 0.939. The molecule has 1 heterocycles. The fourth-order valence-electron chi connectivity index (χ4n) is 3.16. The maximum absolute atomic E-state index is 12.6. The van der Waals surface area contributed by atoms with E-state index in [2.05, 4.69) is 24.3 Å². The monoisotopic (exact) mass is 325 g/mol. The molecule has 1 unspecified atom stereocenters. The zero-order valence-electron chi connectivity index (χ0n) is 14.4. The number of nitrogens with one attached hydrogen (secondary N) is 1. The van der Waals surface area contributed by atoms with Crippen molar-refractivity contribution in [2.45, 2.75) is 52.0 Å². The van der Waals surface area contributed by atoms with E-state index in [1.807, 2.05) is 24.3 Å². The molecule has 1 atom stereocenters. The summed E-state index contributed by atoms with van der Waals surface area (Å²) >= 11 is 0. The van der Waals surface area contributed by atoms with Gasteiger partial charge in [0.2, 0.25) is 5.91 Å². The Morgan fingerprint density at radius 1 is 1.21 bits per heavy atom. The van der Waals surface area contributed by atoms with E-state index in [0.717, 1.165) is 41.8 Å². The van der Waals surface area contributed by atoms with Crippen molar-refractivity contribution >= 4 is 11.6 Å². The van der Waals surface area contributed by atoms with Gasteiger partial charge in [0.15, 0.2) is 0 Å². The number of aryl methyl sites for hydroxylation is 2. The second kappa shape index (κ2) is 6.59. The molecule has 0 fully saturated rings. The molecule has 1 amide bonds. The van der Waals surface area contributed by atoms with Gasteiger partial charge in [-0.25, -0.2) is 4.68 Å². The van der Waals surface area contributed by atoms with Crippen molar-refractivity contribution in [1.82, 2.24) is 9.78 Å². The van der Waals surface area contributed by atoms with Gasteiger partial charge in [0.25, 0.3) is 5.56 Å². The number of para-hydroxylation sites is 1. The lowest BCUT2D eigenvalue weighted by Crippen LogP contribution is -2.34. The second-order valence-corrected chi connectivity index (χ2v) is 6.66. The Morgan fingerprint density at radius 3 is 2.71 bits per heavy atom. The zero-order valence-corrected chi connectivity index (χ0v) is 14.4. The number of carbonyl (C=O) groups excluding carboxylic acids is 1. The molecule has 1 aromatic carbocycles. The summed E-state index contributed by atoms with van der Waals surface area (Å²) < 4.78 is 1.30. The van der Waals surface area contributed by atoms with Crippen LogP contribution < -0.4 is 10.9 Å². The predicted molar refractivity (Wildman–Crippen MR) is 94.4 cm³/mol. The van der Waals surface area contributed by atoms with Crippen molar-refractivity contribution in [3.63, 3.8) is 0 Å². The normalized spacial score (nSPS) is 14.5. The van der Waals surface area contributed by atoms with E-state index in [1.54, 1.807) is 13.0 Å². The predicted octanol–water partition coefficient (Wildman–Crippen LogP) is 3.06. The summed E-state index contributed by atoms with van der Waals surface area (Å²) in [5.74, 6) is 0.0771. The van der Waals surface area contributed by atoms with Gasteiger partial charge in [0, 0.05) is 11.8 Å². The van der Waals surface area contributed by atoms with E-state index in [-0.39, 0.29) is 11.5 Å². The van der Waals surface area contributed by atoms with Crippen LogP contribution in [0.1, 0.15) is 56.0 Å². The number of amides is 1. The highest BCUT2D eigenvalue weighted by molar-refractivity contribution is 5.94. The molecule has 2 aromatic rings. The Hall–Kier alpha value is -2.43. The smallest absolute Gasteiger partial charge is 0.267 e. The molecule has 1 aliphatic rings. The van der Waals surface area contributed by atoms with E-state index in [1.165, 1.54) is 4.68 Å². The first-order chi connectivity index (χ1) is 11.5. The SMILES string of the molecule is CC(C)c1ccccc1NC(=O)C(C)n1nc2c(cc1=O)CCC2. The molecule has 0 saturated heterocycles. The minimum Gasteiger partial charge on any atom is -0.324 e. The van der Waals surface area contributed by atoms with E-state index in [9.17, 15) is 9.59 Å². The van der Waals surface area contributed by atoms with Crippen LogP contribution in [0.3, 0.4) is 0 Å². The highest BCUT2D eigenvalue weighted by Crippen LogP contribution is 2.24. The topological polar surface area (TPSA) is 64.0 Å². The van der Waals surface area contributed by atoms with Crippen LogP contribution in [-0.4, -0.2) is 15.7 Å². The summed E-state index contributed by atoms with van der Waals surface area (Å²) in [4.78, 5) is 24.9. The Kier molecular flexibility index (Phi) is 4.51. The number of benzene rings is 1. The first kappa shape index (κ1) is 16.4. The van der Waals surface area contributed by atoms with E-state index in [0.29, 0.717) is 5.92 Å². The summed E-state index contributed by atoms with van der Waals surface area (Å²) in [6, 6.07) is 8.72. The Morgan fingerprint density at radius 2 is 1.96 bits per heavy atom. The molecule has 0 spiro atoms. The molecule has 3 rings (SSSR count). The van der Waals surface area contributed by atoms with Gasteiger partial charge in [-0.2, -0.15) is 5.10 Å². The maximum atomic E-state index is 12.6. The van der Waals surface area contributed by atoms with Crippen LogP contribution in [0.25, 0.3) is 0 Å². The number of hydrogen-bond donors (Lipinski definition) is 1. The third kappa shape index (κ3) is 3.11. The lowest BCUT2D eigenvalue weighted by molar-refractivity contribution is -0.119. The Balaban J connectivity index is 1.85. The molecule has 0 bridgehead atoms. The lowest BCUT2D eigenvalue weighted by atomic mass is 10.0. The fraction of sp³-hybridized carbons (Fsp3) is 0.421. The highest BCUT2D eigenvalue weighted by atomic mass is 16.2.